The third kappa shape index (κ3) is 4.08. The molecule has 0 atom stereocenters. The predicted molar refractivity (Wildman–Crippen MR) is 103 cm³/mol. The van der Waals surface area contributed by atoms with Crippen molar-refractivity contribution in [2.45, 2.75) is 40.3 Å². The molecule has 0 aliphatic heterocycles. The van der Waals surface area contributed by atoms with Crippen molar-refractivity contribution in [3.05, 3.63) is 69.3 Å². The van der Waals surface area contributed by atoms with Gasteiger partial charge in [0.05, 0.1) is 16.3 Å². The van der Waals surface area contributed by atoms with E-state index in [4.69, 9.17) is 0 Å². The molecule has 28 heavy (non-hydrogen) atoms. The highest BCUT2D eigenvalue weighted by Gasteiger charge is 2.16. The van der Waals surface area contributed by atoms with Gasteiger partial charge in [0.15, 0.2) is 0 Å². The van der Waals surface area contributed by atoms with Gasteiger partial charge in [0.1, 0.15) is 11.9 Å². The monoisotopic (exact) mass is 382 g/mol. The van der Waals surface area contributed by atoms with Crippen LogP contribution in [0.4, 0.5) is 5.69 Å². The first-order valence-electron chi connectivity index (χ1n) is 8.92. The molecule has 146 valence electrons. The lowest BCUT2D eigenvalue weighted by Gasteiger charge is -2.07. The summed E-state index contributed by atoms with van der Waals surface area (Å²) in [6.07, 6.45) is 1.53. The maximum Gasteiger partial charge on any atom is 0.309 e. The number of benzene rings is 1. The van der Waals surface area contributed by atoms with E-state index >= 15 is 0 Å². The number of nitrogens with zero attached hydrogens (tertiary/aromatic N) is 5. The van der Waals surface area contributed by atoms with Crippen LogP contribution in [0.3, 0.4) is 0 Å². The molecule has 0 fully saturated rings. The van der Waals surface area contributed by atoms with Crippen LogP contribution < -0.4 is 5.32 Å². The smallest absolute Gasteiger partial charge is 0.309 e. The number of rotatable bonds is 7. The standard InChI is InChI=1S/C19H22N6O3/c1-13-17(15(3)24(22-13)16-7-5-4-6-8-16)11-20-19(26)9-10-23-12-18(25(27)28)14(2)21-23/h4-8,12H,9-11H2,1-3H3,(H,20,26). The number of para-hydroxylation sites is 1. The lowest BCUT2D eigenvalue weighted by molar-refractivity contribution is -0.385. The topological polar surface area (TPSA) is 108 Å². The highest BCUT2D eigenvalue weighted by atomic mass is 16.6. The minimum Gasteiger partial charge on any atom is -0.352 e. The second-order valence-electron chi connectivity index (χ2n) is 6.54. The first-order valence-corrected chi connectivity index (χ1v) is 8.92. The Morgan fingerprint density at radius 2 is 1.86 bits per heavy atom. The van der Waals surface area contributed by atoms with E-state index in [1.54, 1.807) is 6.92 Å². The molecule has 9 heteroatoms. The van der Waals surface area contributed by atoms with E-state index in [1.165, 1.54) is 10.9 Å². The van der Waals surface area contributed by atoms with Crippen molar-refractivity contribution >= 4 is 11.6 Å². The molecule has 2 heterocycles. The number of hydrogen-bond donors (Lipinski definition) is 1. The molecule has 0 spiro atoms. The van der Waals surface area contributed by atoms with Crippen molar-refractivity contribution in [3.63, 3.8) is 0 Å². The first-order chi connectivity index (χ1) is 13.4. The molecular formula is C19H22N6O3. The van der Waals surface area contributed by atoms with E-state index in [1.807, 2.05) is 48.9 Å². The molecule has 0 aliphatic carbocycles. The Labute approximate surface area is 162 Å². The van der Waals surface area contributed by atoms with Gasteiger partial charge in [-0.05, 0) is 32.9 Å². The summed E-state index contributed by atoms with van der Waals surface area (Å²) >= 11 is 0. The molecule has 9 nitrogen and oxygen atoms in total. The summed E-state index contributed by atoms with van der Waals surface area (Å²) in [5, 5.41) is 22.4. The summed E-state index contributed by atoms with van der Waals surface area (Å²) in [5.74, 6) is -0.151. The molecule has 0 bridgehead atoms. The van der Waals surface area contributed by atoms with Crippen LogP contribution in [0.2, 0.25) is 0 Å². The zero-order valence-corrected chi connectivity index (χ0v) is 16.0. The number of nitrogens with one attached hydrogen (secondary N) is 1. The zero-order chi connectivity index (χ0) is 20.3. The summed E-state index contributed by atoms with van der Waals surface area (Å²) in [5.41, 5.74) is 4.08. The fraction of sp³-hybridized carbons (Fsp3) is 0.316. The van der Waals surface area contributed by atoms with E-state index in [-0.39, 0.29) is 24.6 Å². The van der Waals surface area contributed by atoms with Crippen LogP contribution in [0, 0.1) is 30.9 Å². The van der Waals surface area contributed by atoms with Crippen LogP contribution in [0.1, 0.15) is 29.1 Å². The molecular weight excluding hydrogens is 360 g/mol. The largest absolute Gasteiger partial charge is 0.352 e. The van der Waals surface area contributed by atoms with Gasteiger partial charge >= 0.3 is 5.69 Å². The van der Waals surface area contributed by atoms with Crippen molar-refractivity contribution in [3.8, 4) is 5.69 Å². The second kappa shape index (κ2) is 8.03. The van der Waals surface area contributed by atoms with Gasteiger partial charge in [0, 0.05) is 30.8 Å². The third-order valence-corrected chi connectivity index (χ3v) is 4.59. The average Bonchev–Trinajstić information content (AvgIpc) is 3.18. The molecule has 3 aromatic rings. The van der Waals surface area contributed by atoms with Gasteiger partial charge in [0.2, 0.25) is 5.91 Å². The lowest BCUT2D eigenvalue weighted by Crippen LogP contribution is -2.24. The Kier molecular flexibility index (Phi) is 5.53. The first kappa shape index (κ1) is 19.3. The molecule has 1 N–H and O–H groups in total. The van der Waals surface area contributed by atoms with E-state index in [2.05, 4.69) is 15.5 Å². The van der Waals surface area contributed by atoms with E-state index in [9.17, 15) is 14.9 Å². The van der Waals surface area contributed by atoms with E-state index in [0.717, 1.165) is 22.6 Å². The number of carbonyl (C=O) groups is 1. The van der Waals surface area contributed by atoms with Gasteiger partial charge in [-0.15, -0.1) is 0 Å². The molecule has 1 amide bonds. The second-order valence-corrected chi connectivity index (χ2v) is 6.54. The lowest BCUT2D eigenvalue weighted by atomic mass is 10.2. The van der Waals surface area contributed by atoms with Crippen LogP contribution in [-0.4, -0.2) is 30.4 Å². The number of aromatic nitrogens is 4. The highest BCUT2D eigenvalue weighted by molar-refractivity contribution is 5.75. The molecule has 2 aromatic heterocycles. The molecule has 0 saturated heterocycles. The Hall–Kier alpha value is -3.49. The van der Waals surface area contributed by atoms with Gasteiger partial charge < -0.3 is 5.32 Å². The number of hydrogen-bond acceptors (Lipinski definition) is 5. The molecule has 0 radical (unpaired) electrons. The molecule has 0 unspecified atom stereocenters. The minimum absolute atomic E-state index is 0.0417. The minimum atomic E-state index is -0.477. The van der Waals surface area contributed by atoms with Gasteiger partial charge in [-0.25, -0.2) is 4.68 Å². The van der Waals surface area contributed by atoms with Crippen molar-refractivity contribution < 1.29 is 9.72 Å². The van der Waals surface area contributed by atoms with Crippen molar-refractivity contribution in [1.29, 1.82) is 0 Å². The quantitative estimate of drug-likeness (QED) is 0.499. The summed E-state index contributed by atoms with van der Waals surface area (Å²) in [6.45, 7) is 6.12. The zero-order valence-electron chi connectivity index (χ0n) is 16.0. The van der Waals surface area contributed by atoms with Crippen LogP contribution >= 0.6 is 0 Å². The molecule has 0 aliphatic rings. The van der Waals surface area contributed by atoms with Gasteiger partial charge in [-0.1, -0.05) is 18.2 Å². The van der Waals surface area contributed by atoms with Gasteiger partial charge in [-0.2, -0.15) is 10.2 Å². The van der Waals surface area contributed by atoms with E-state index in [0.29, 0.717) is 12.2 Å². The predicted octanol–water partition coefficient (Wildman–Crippen LogP) is 2.61. The van der Waals surface area contributed by atoms with Crippen molar-refractivity contribution in [2.75, 3.05) is 0 Å². The van der Waals surface area contributed by atoms with Crippen LogP contribution in [-0.2, 0) is 17.9 Å². The Morgan fingerprint density at radius 1 is 1.14 bits per heavy atom. The fourth-order valence-corrected chi connectivity index (χ4v) is 3.04. The van der Waals surface area contributed by atoms with Crippen LogP contribution in [0.25, 0.3) is 5.69 Å². The summed E-state index contributed by atoms with van der Waals surface area (Å²) in [4.78, 5) is 22.6. The number of amides is 1. The van der Waals surface area contributed by atoms with E-state index < -0.39 is 4.92 Å². The van der Waals surface area contributed by atoms with Crippen molar-refractivity contribution in [1.82, 2.24) is 24.9 Å². The Morgan fingerprint density at radius 3 is 2.50 bits per heavy atom. The molecule has 1 aromatic carbocycles. The molecule has 0 saturated carbocycles. The number of carbonyl (C=O) groups excluding carboxylic acids is 1. The van der Waals surface area contributed by atoms with Crippen LogP contribution in [0.15, 0.2) is 36.5 Å². The molecule has 3 rings (SSSR count). The SMILES string of the molecule is Cc1nn(CCC(=O)NCc2c(C)nn(-c3ccccc3)c2C)cc1[N+](=O)[O-]. The maximum absolute atomic E-state index is 12.2. The van der Waals surface area contributed by atoms with Gasteiger partial charge in [0.25, 0.3) is 0 Å². The number of nitro groups is 1. The summed E-state index contributed by atoms with van der Waals surface area (Å²) < 4.78 is 3.29. The number of aryl methyl sites for hydroxylation is 3. The summed E-state index contributed by atoms with van der Waals surface area (Å²) in [7, 11) is 0. The highest BCUT2D eigenvalue weighted by Crippen LogP contribution is 2.18. The van der Waals surface area contributed by atoms with Crippen molar-refractivity contribution in [2.24, 2.45) is 0 Å². The van der Waals surface area contributed by atoms with Gasteiger partial charge in [-0.3, -0.25) is 19.6 Å². The Balaban J connectivity index is 1.60. The Bertz CT molecular complexity index is 1010. The fourth-order valence-electron chi connectivity index (χ4n) is 3.04. The third-order valence-electron chi connectivity index (χ3n) is 4.59. The summed E-state index contributed by atoms with van der Waals surface area (Å²) in [6, 6.07) is 9.81. The maximum atomic E-state index is 12.2. The normalized spacial score (nSPS) is 10.8. The average molecular weight is 382 g/mol. The van der Waals surface area contributed by atoms with Crippen LogP contribution in [0.5, 0.6) is 0 Å².